The Morgan fingerprint density at radius 2 is 2.10 bits per heavy atom. The monoisotopic (exact) mass is 277 g/mol. The Morgan fingerprint density at radius 3 is 2.80 bits per heavy atom. The number of benzene rings is 1. The lowest BCUT2D eigenvalue weighted by Gasteiger charge is -2.18. The second kappa shape index (κ2) is 7.05. The summed E-state index contributed by atoms with van der Waals surface area (Å²) in [5.74, 6) is -1.62. The van der Waals surface area contributed by atoms with Gasteiger partial charge in [-0.25, -0.2) is 8.78 Å². The molecule has 0 radical (unpaired) electrons. The van der Waals surface area contributed by atoms with Crippen LogP contribution in [0.2, 0.25) is 0 Å². The first-order valence-corrected chi connectivity index (χ1v) is 6.64. The standard InChI is InChI=1S/C15H17F2N3/c1-2-6-19-13(14-10-18-7-8-20-14)9-11-4-3-5-12(16)15(11)17/h3-5,7-8,10,13,19H,2,6,9H2,1H3. The van der Waals surface area contributed by atoms with E-state index in [1.165, 1.54) is 6.07 Å². The summed E-state index contributed by atoms with van der Waals surface area (Å²) in [5.41, 5.74) is 1.06. The van der Waals surface area contributed by atoms with Gasteiger partial charge < -0.3 is 5.32 Å². The van der Waals surface area contributed by atoms with Gasteiger partial charge in [0.05, 0.1) is 11.7 Å². The van der Waals surface area contributed by atoms with Gasteiger partial charge in [0.1, 0.15) is 0 Å². The molecular formula is C15H17F2N3. The van der Waals surface area contributed by atoms with Crippen LogP contribution in [0.1, 0.15) is 30.6 Å². The van der Waals surface area contributed by atoms with Crippen molar-refractivity contribution in [3.05, 3.63) is 59.7 Å². The SMILES string of the molecule is CCCNC(Cc1cccc(F)c1F)c1cnccn1. The number of aromatic nitrogens is 2. The van der Waals surface area contributed by atoms with E-state index in [4.69, 9.17) is 0 Å². The van der Waals surface area contributed by atoms with Crippen molar-refractivity contribution in [1.82, 2.24) is 15.3 Å². The first kappa shape index (κ1) is 14.5. The van der Waals surface area contributed by atoms with Gasteiger partial charge in [0, 0.05) is 18.6 Å². The lowest BCUT2D eigenvalue weighted by atomic mass is 10.0. The lowest BCUT2D eigenvalue weighted by molar-refractivity contribution is 0.472. The Bertz CT molecular complexity index is 546. The zero-order valence-electron chi connectivity index (χ0n) is 11.3. The van der Waals surface area contributed by atoms with Gasteiger partial charge in [-0.2, -0.15) is 0 Å². The van der Waals surface area contributed by atoms with Gasteiger partial charge in [-0.3, -0.25) is 9.97 Å². The Labute approximate surface area is 117 Å². The summed E-state index contributed by atoms with van der Waals surface area (Å²) in [4.78, 5) is 8.26. The number of hydrogen-bond donors (Lipinski definition) is 1. The van der Waals surface area contributed by atoms with E-state index in [1.807, 2.05) is 6.92 Å². The fourth-order valence-corrected chi connectivity index (χ4v) is 2.02. The molecule has 5 heteroatoms. The van der Waals surface area contributed by atoms with Crippen LogP contribution in [0.25, 0.3) is 0 Å². The summed E-state index contributed by atoms with van der Waals surface area (Å²) in [7, 11) is 0. The average molecular weight is 277 g/mol. The summed E-state index contributed by atoms with van der Waals surface area (Å²) < 4.78 is 27.0. The highest BCUT2D eigenvalue weighted by Gasteiger charge is 2.16. The van der Waals surface area contributed by atoms with Crippen LogP contribution in [-0.2, 0) is 6.42 Å². The van der Waals surface area contributed by atoms with E-state index in [1.54, 1.807) is 24.7 Å². The first-order chi connectivity index (χ1) is 9.72. The van der Waals surface area contributed by atoms with E-state index in [0.29, 0.717) is 12.0 Å². The predicted octanol–water partition coefficient (Wildman–Crippen LogP) is 3.04. The highest BCUT2D eigenvalue weighted by Crippen LogP contribution is 2.19. The van der Waals surface area contributed by atoms with Crippen molar-refractivity contribution in [2.75, 3.05) is 6.54 Å². The second-order valence-corrected chi connectivity index (χ2v) is 4.55. The van der Waals surface area contributed by atoms with Gasteiger partial charge in [0.25, 0.3) is 0 Å². The average Bonchev–Trinajstić information content (AvgIpc) is 2.48. The fraction of sp³-hybridized carbons (Fsp3) is 0.333. The molecule has 0 aliphatic heterocycles. The van der Waals surface area contributed by atoms with Crippen LogP contribution in [0.4, 0.5) is 8.78 Å². The predicted molar refractivity (Wildman–Crippen MR) is 73.1 cm³/mol. The van der Waals surface area contributed by atoms with Crippen molar-refractivity contribution in [2.45, 2.75) is 25.8 Å². The third kappa shape index (κ3) is 3.57. The largest absolute Gasteiger partial charge is 0.308 e. The molecule has 1 aromatic carbocycles. The molecule has 0 aliphatic carbocycles. The molecule has 0 amide bonds. The van der Waals surface area contributed by atoms with E-state index in [0.717, 1.165) is 24.7 Å². The van der Waals surface area contributed by atoms with Gasteiger partial charge in [0.15, 0.2) is 11.6 Å². The third-order valence-electron chi connectivity index (χ3n) is 3.04. The molecule has 1 aromatic heterocycles. The van der Waals surface area contributed by atoms with Crippen LogP contribution < -0.4 is 5.32 Å². The number of nitrogens with one attached hydrogen (secondary N) is 1. The van der Waals surface area contributed by atoms with Gasteiger partial charge >= 0.3 is 0 Å². The van der Waals surface area contributed by atoms with Gasteiger partial charge in [-0.15, -0.1) is 0 Å². The van der Waals surface area contributed by atoms with Crippen molar-refractivity contribution >= 4 is 0 Å². The highest BCUT2D eigenvalue weighted by atomic mass is 19.2. The van der Waals surface area contributed by atoms with E-state index in [2.05, 4.69) is 15.3 Å². The summed E-state index contributed by atoms with van der Waals surface area (Å²) in [5, 5.41) is 3.29. The minimum atomic E-state index is -0.823. The number of hydrogen-bond acceptors (Lipinski definition) is 3. The lowest BCUT2D eigenvalue weighted by Crippen LogP contribution is -2.25. The number of nitrogens with zero attached hydrogens (tertiary/aromatic N) is 2. The number of rotatable bonds is 6. The van der Waals surface area contributed by atoms with Crippen LogP contribution >= 0.6 is 0 Å². The first-order valence-electron chi connectivity index (χ1n) is 6.64. The van der Waals surface area contributed by atoms with Crippen LogP contribution in [0.3, 0.4) is 0 Å². The maximum Gasteiger partial charge on any atom is 0.162 e. The van der Waals surface area contributed by atoms with E-state index >= 15 is 0 Å². The molecule has 0 bridgehead atoms. The van der Waals surface area contributed by atoms with Gasteiger partial charge in [-0.1, -0.05) is 19.1 Å². The van der Waals surface area contributed by atoms with Crippen molar-refractivity contribution in [3.63, 3.8) is 0 Å². The summed E-state index contributed by atoms with van der Waals surface area (Å²) in [6.45, 7) is 2.82. The Balaban J connectivity index is 2.21. The molecule has 20 heavy (non-hydrogen) atoms. The third-order valence-corrected chi connectivity index (χ3v) is 3.04. The van der Waals surface area contributed by atoms with Gasteiger partial charge in [0.2, 0.25) is 0 Å². The molecule has 0 fully saturated rings. The summed E-state index contributed by atoms with van der Waals surface area (Å²) in [6.07, 6.45) is 6.11. The molecule has 3 nitrogen and oxygen atoms in total. The van der Waals surface area contributed by atoms with E-state index in [9.17, 15) is 8.78 Å². The minimum absolute atomic E-state index is 0.181. The minimum Gasteiger partial charge on any atom is -0.308 e. The molecule has 1 unspecified atom stereocenters. The normalized spacial score (nSPS) is 12.3. The molecule has 0 spiro atoms. The van der Waals surface area contributed by atoms with Crippen molar-refractivity contribution in [3.8, 4) is 0 Å². The molecule has 1 atom stereocenters. The zero-order chi connectivity index (χ0) is 14.4. The van der Waals surface area contributed by atoms with Crippen molar-refractivity contribution in [2.24, 2.45) is 0 Å². The fourth-order valence-electron chi connectivity index (χ4n) is 2.02. The van der Waals surface area contributed by atoms with Crippen molar-refractivity contribution in [1.29, 1.82) is 0 Å². The van der Waals surface area contributed by atoms with Crippen LogP contribution in [0, 0.1) is 11.6 Å². The van der Waals surface area contributed by atoms with Crippen molar-refractivity contribution < 1.29 is 8.78 Å². The Kier molecular flexibility index (Phi) is 5.12. The maximum atomic E-state index is 13.8. The summed E-state index contributed by atoms with van der Waals surface area (Å²) in [6, 6.07) is 4.05. The highest BCUT2D eigenvalue weighted by molar-refractivity contribution is 5.21. The van der Waals surface area contributed by atoms with E-state index < -0.39 is 11.6 Å². The smallest absolute Gasteiger partial charge is 0.162 e. The zero-order valence-corrected chi connectivity index (χ0v) is 11.3. The van der Waals surface area contributed by atoms with Crippen LogP contribution in [0.5, 0.6) is 0 Å². The molecule has 2 aromatic rings. The maximum absolute atomic E-state index is 13.8. The molecule has 0 saturated carbocycles. The molecule has 2 rings (SSSR count). The molecule has 0 saturated heterocycles. The molecule has 106 valence electrons. The number of halogens is 2. The summed E-state index contributed by atoms with van der Waals surface area (Å²) >= 11 is 0. The van der Waals surface area contributed by atoms with E-state index in [-0.39, 0.29) is 6.04 Å². The molecule has 1 heterocycles. The Morgan fingerprint density at radius 1 is 1.25 bits per heavy atom. The molecular weight excluding hydrogens is 260 g/mol. The van der Waals surface area contributed by atoms with Crippen LogP contribution in [0.15, 0.2) is 36.8 Å². The second-order valence-electron chi connectivity index (χ2n) is 4.55. The molecule has 1 N–H and O–H groups in total. The van der Waals surface area contributed by atoms with Crippen LogP contribution in [-0.4, -0.2) is 16.5 Å². The molecule has 0 aliphatic rings. The Hall–Kier alpha value is -1.88. The topological polar surface area (TPSA) is 37.8 Å². The van der Waals surface area contributed by atoms with Gasteiger partial charge in [-0.05, 0) is 31.0 Å². The quantitative estimate of drug-likeness (QED) is 0.882.